The van der Waals surface area contributed by atoms with E-state index in [1.807, 2.05) is 0 Å². The highest BCUT2D eigenvalue weighted by molar-refractivity contribution is 7.99. The molecule has 0 unspecified atom stereocenters. The topological polar surface area (TPSA) is 84.3 Å². The van der Waals surface area contributed by atoms with E-state index in [2.05, 4.69) is 10.1 Å². The number of halogens is 3. The molecule has 11 heteroatoms. The summed E-state index contributed by atoms with van der Waals surface area (Å²) in [5.74, 6) is 0. The van der Waals surface area contributed by atoms with Gasteiger partial charge in [-0.3, -0.25) is 9.89 Å². The Bertz CT molecular complexity index is 1100. The normalized spacial score (nSPS) is 12.6. The molecule has 0 radical (unpaired) electrons. The van der Waals surface area contributed by atoms with Gasteiger partial charge in [0.05, 0.1) is 4.90 Å². The molecule has 1 aromatic carbocycles. The third-order valence-corrected chi connectivity index (χ3v) is 6.01. The van der Waals surface area contributed by atoms with Crippen molar-refractivity contribution < 1.29 is 21.6 Å². The van der Waals surface area contributed by atoms with Gasteiger partial charge in [-0.1, -0.05) is 18.2 Å². The number of nitrogens with one attached hydrogen (secondary N) is 1. The quantitative estimate of drug-likeness (QED) is 0.696. The highest BCUT2D eigenvalue weighted by Gasteiger charge is 2.36. The summed E-state index contributed by atoms with van der Waals surface area (Å²) in [6.45, 7) is 0. The lowest BCUT2D eigenvalue weighted by Crippen LogP contribution is -2.20. The Hall–Kier alpha value is -2.27. The van der Waals surface area contributed by atoms with Gasteiger partial charge in [-0.15, -0.1) is 11.8 Å². The third-order valence-electron chi connectivity index (χ3n) is 3.36. The molecule has 0 bridgehead atoms. The zero-order valence-electron chi connectivity index (χ0n) is 12.5. The molecule has 3 rings (SSSR count). The van der Waals surface area contributed by atoms with Crippen molar-refractivity contribution in [1.82, 2.24) is 14.6 Å². The molecule has 2 aromatic heterocycles. The largest absolute Gasteiger partial charge is 0.433 e. The van der Waals surface area contributed by atoms with Crippen LogP contribution in [-0.4, -0.2) is 29.3 Å². The average molecular weight is 389 g/mol. The summed E-state index contributed by atoms with van der Waals surface area (Å²) in [5.41, 5.74) is -3.09. The Morgan fingerprint density at radius 1 is 1.20 bits per heavy atom. The molecule has 0 aliphatic carbocycles. The molecule has 3 aromatic rings. The Kier molecular flexibility index (Phi) is 4.15. The van der Waals surface area contributed by atoms with Gasteiger partial charge in [-0.25, -0.2) is 13.4 Å². The fourth-order valence-corrected chi connectivity index (χ4v) is 4.70. The van der Waals surface area contributed by atoms with E-state index >= 15 is 0 Å². The van der Waals surface area contributed by atoms with Gasteiger partial charge >= 0.3 is 6.18 Å². The predicted molar refractivity (Wildman–Crippen MR) is 84.5 cm³/mol. The molecule has 0 aliphatic heterocycles. The van der Waals surface area contributed by atoms with Crippen LogP contribution >= 0.6 is 11.8 Å². The van der Waals surface area contributed by atoms with Crippen LogP contribution < -0.4 is 5.56 Å². The average Bonchev–Trinajstić information content (AvgIpc) is 2.95. The van der Waals surface area contributed by atoms with Crippen molar-refractivity contribution in [3.8, 4) is 0 Å². The maximum absolute atomic E-state index is 13.0. The summed E-state index contributed by atoms with van der Waals surface area (Å²) in [5, 5.41) is 2.52. The molecule has 0 saturated carbocycles. The van der Waals surface area contributed by atoms with Crippen LogP contribution in [0.1, 0.15) is 5.69 Å². The third kappa shape index (κ3) is 2.93. The first-order valence-corrected chi connectivity index (χ1v) is 9.44. The number of hydrogen-bond donors (Lipinski definition) is 1. The van der Waals surface area contributed by atoms with Crippen LogP contribution in [0.4, 0.5) is 13.2 Å². The van der Waals surface area contributed by atoms with Gasteiger partial charge in [0, 0.05) is 6.07 Å². The van der Waals surface area contributed by atoms with Crippen LogP contribution in [0, 0.1) is 0 Å². The summed E-state index contributed by atoms with van der Waals surface area (Å²) in [6.07, 6.45) is -3.34. The molecule has 25 heavy (non-hydrogen) atoms. The van der Waals surface area contributed by atoms with Gasteiger partial charge in [-0.2, -0.15) is 17.7 Å². The van der Waals surface area contributed by atoms with Crippen molar-refractivity contribution in [3.63, 3.8) is 0 Å². The fraction of sp³-hybridized carbons (Fsp3) is 0.143. The Morgan fingerprint density at radius 3 is 2.40 bits per heavy atom. The van der Waals surface area contributed by atoms with E-state index < -0.39 is 37.8 Å². The molecule has 6 nitrogen and oxygen atoms in total. The Morgan fingerprint density at radius 2 is 1.84 bits per heavy atom. The monoisotopic (exact) mass is 389 g/mol. The molecular weight excluding hydrogens is 379 g/mol. The maximum Gasteiger partial charge on any atom is 0.433 e. The number of hydrogen-bond acceptors (Lipinski definition) is 5. The van der Waals surface area contributed by atoms with Crippen molar-refractivity contribution in [2.45, 2.75) is 21.0 Å². The minimum absolute atomic E-state index is 0.0211. The summed E-state index contributed by atoms with van der Waals surface area (Å²) in [6, 6.07) is 7.52. The zero-order valence-corrected chi connectivity index (χ0v) is 14.2. The maximum atomic E-state index is 13.0. The van der Waals surface area contributed by atoms with Crippen LogP contribution in [0.25, 0.3) is 5.65 Å². The van der Waals surface area contributed by atoms with E-state index in [0.29, 0.717) is 10.6 Å². The van der Waals surface area contributed by atoms with Crippen molar-refractivity contribution in [2.24, 2.45) is 0 Å². The number of thioether (sulfide) groups is 1. The molecule has 0 amide bonds. The Labute approximate surface area is 143 Å². The van der Waals surface area contributed by atoms with Crippen LogP contribution in [0.15, 0.2) is 56.0 Å². The van der Waals surface area contributed by atoms with Gasteiger partial charge in [0.15, 0.2) is 11.3 Å². The van der Waals surface area contributed by atoms with Crippen LogP contribution in [0.3, 0.4) is 0 Å². The molecular formula is C14H10F3N3O3S2. The number of nitrogens with zero attached hydrogens (tertiary/aromatic N) is 2. The molecule has 0 saturated heterocycles. The fourth-order valence-electron chi connectivity index (χ4n) is 2.24. The van der Waals surface area contributed by atoms with E-state index in [4.69, 9.17) is 0 Å². The lowest BCUT2D eigenvalue weighted by Gasteiger charge is -2.07. The minimum atomic E-state index is -4.88. The van der Waals surface area contributed by atoms with Crippen LogP contribution in [-0.2, 0) is 16.0 Å². The number of alkyl halides is 3. The van der Waals surface area contributed by atoms with Gasteiger partial charge < -0.3 is 0 Å². The molecule has 0 aliphatic rings. The second kappa shape index (κ2) is 5.92. The lowest BCUT2D eigenvalue weighted by molar-refractivity contribution is -0.141. The number of aromatic amines is 1. The van der Waals surface area contributed by atoms with Gasteiger partial charge in [0.2, 0.25) is 9.84 Å². The summed E-state index contributed by atoms with van der Waals surface area (Å²) >= 11 is 0.949. The second-order valence-corrected chi connectivity index (χ2v) is 7.63. The Balaban J connectivity index is 2.42. The van der Waals surface area contributed by atoms with E-state index in [1.54, 1.807) is 6.07 Å². The van der Waals surface area contributed by atoms with Gasteiger partial charge in [-0.05, 0) is 18.4 Å². The van der Waals surface area contributed by atoms with Gasteiger partial charge in [0.1, 0.15) is 9.92 Å². The summed E-state index contributed by atoms with van der Waals surface area (Å²) in [7, 11) is -4.19. The number of benzene rings is 1. The number of rotatable bonds is 3. The first kappa shape index (κ1) is 17.5. The van der Waals surface area contributed by atoms with Crippen molar-refractivity contribution in [2.75, 3.05) is 6.26 Å². The number of sulfone groups is 1. The highest BCUT2D eigenvalue weighted by atomic mass is 32.2. The van der Waals surface area contributed by atoms with E-state index in [1.165, 1.54) is 30.5 Å². The molecule has 0 atom stereocenters. The van der Waals surface area contributed by atoms with E-state index in [9.17, 15) is 26.4 Å². The van der Waals surface area contributed by atoms with Crippen molar-refractivity contribution >= 4 is 27.2 Å². The SMILES string of the molecule is CSc1[nH]n2c(=O)cc(C(F)(F)F)nc2c1S(=O)(=O)c1ccccc1. The summed E-state index contributed by atoms with van der Waals surface area (Å²) < 4.78 is 65.4. The summed E-state index contributed by atoms with van der Waals surface area (Å²) in [4.78, 5) is 14.8. The van der Waals surface area contributed by atoms with Crippen molar-refractivity contribution in [3.05, 3.63) is 52.4 Å². The highest BCUT2D eigenvalue weighted by Crippen LogP contribution is 2.33. The molecule has 0 spiro atoms. The standard InChI is InChI=1S/C14H10F3N3O3S2/c1-24-13-11(25(22,23)8-5-3-2-4-6-8)12-18-9(14(15,16)17)7-10(21)20(12)19-13/h2-7,19H,1H3. The number of aromatic nitrogens is 3. The first-order valence-electron chi connectivity index (χ1n) is 6.73. The first-order chi connectivity index (χ1) is 11.7. The zero-order chi connectivity index (χ0) is 18.4. The van der Waals surface area contributed by atoms with E-state index in [-0.39, 0.29) is 9.92 Å². The predicted octanol–water partition coefficient (Wildman–Crippen LogP) is 2.60. The molecule has 132 valence electrons. The van der Waals surface area contributed by atoms with Crippen LogP contribution in [0.2, 0.25) is 0 Å². The number of H-pyrrole nitrogens is 1. The minimum Gasteiger partial charge on any atom is -0.282 e. The van der Waals surface area contributed by atoms with E-state index in [0.717, 1.165) is 11.8 Å². The van der Waals surface area contributed by atoms with Gasteiger partial charge in [0.25, 0.3) is 5.56 Å². The smallest absolute Gasteiger partial charge is 0.282 e. The van der Waals surface area contributed by atoms with Crippen LogP contribution in [0.5, 0.6) is 0 Å². The molecule has 0 fully saturated rings. The molecule has 1 N–H and O–H groups in total. The second-order valence-electron chi connectivity index (χ2n) is 4.93. The number of fused-ring (bicyclic) bond motifs is 1. The lowest BCUT2D eigenvalue weighted by atomic mass is 10.4. The molecule has 2 heterocycles. The van der Waals surface area contributed by atoms with Crippen molar-refractivity contribution in [1.29, 1.82) is 0 Å².